The summed E-state index contributed by atoms with van der Waals surface area (Å²) in [7, 11) is 0. The van der Waals surface area contributed by atoms with Gasteiger partial charge in [0.25, 0.3) is 0 Å². The molecule has 0 amide bonds. The smallest absolute Gasteiger partial charge is 0.330 e. The van der Waals surface area contributed by atoms with Crippen LogP contribution < -0.4 is 0 Å². The molecule has 18 heavy (non-hydrogen) atoms. The highest BCUT2D eigenvalue weighted by molar-refractivity contribution is 5.81. The van der Waals surface area contributed by atoms with Gasteiger partial charge in [0.15, 0.2) is 0 Å². The molecule has 2 heteroatoms. The normalized spacial score (nSPS) is 23.3. The second kappa shape index (κ2) is 6.21. The van der Waals surface area contributed by atoms with E-state index in [9.17, 15) is 4.79 Å². The van der Waals surface area contributed by atoms with Crippen molar-refractivity contribution >= 4 is 5.97 Å². The molecular weight excluding hydrogens is 224 g/mol. The third-order valence-corrected chi connectivity index (χ3v) is 4.39. The second-order valence-electron chi connectivity index (χ2n) is 5.71. The van der Waals surface area contributed by atoms with Crippen LogP contribution in [0.25, 0.3) is 0 Å². The van der Waals surface area contributed by atoms with Crippen LogP contribution in [0.2, 0.25) is 0 Å². The van der Waals surface area contributed by atoms with Crippen molar-refractivity contribution < 1.29 is 9.53 Å². The van der Waals surface area contributed by atoms with Crippen LogP contribution in [0.1, 0.15) is 51.9 Å². The summed E-state index contributed by atoms with van der Waals surface area (Å²) in [5.41, 5.74) is 3.53. The maximum Gasteiger partial charge on any atom is 0.330 e. The Morgan fingerprint density at radius 2 is 2.33 bits per heavy atom. The molecule has 0 spiro atoms. The Hall–Kier alpha value is -1.05. The number of ether oxygens (including phenoxy) is 1. The number of unbranched alkanes of at least 4 members (excludes halogenated alkanes) is 1. The van der Waals surface area contributed by atoms with Crippen molar-refractivity contribution in [3.63, 3.8) is 0 Å². The molecule has 0 aromatic carbocycles. The van der Waals surface area contributed by atoms with Crippen molar-refractivity contribution in [2.45, 2.75) is 51.9 Å². The third kappa shape index (κ3) is 3.24. The van der Waals surface area contributed by atoms with Crippen molar-refractivity contribution in [2.75, 3.05) is 6.61 Å². The predicted molar refractivity (Wildman–Crippen MR) is 73.2 cm³/mol. The van der Waals surface area contributed by atoms with Crippen LogP contribution in [-0.2, 0) is 9.53 Å². The molecule has 0 heterocycles. The number of carbonyl (C=O) groups excluding carboxylic acids is 1. The minimum Gasteiger partial charge on any atom is -0.463 e. The largest absolute Gasteiger partial charge is 0.463 e. The molecule has 2 bridgehead atoms. The first-order chi connectivity index (χ1) is 8.70. The highest BCUT2D eigenvalue weighted by Crippen LogP contribution is 2.47. The first kappa shape index (κ1) is 13.4. The number of carbonyl (C=O) groups is 1. The zero-order chi connectivity index (χ0) is 13.0. The number of allylic oxidation sites excluding steroid dienone is 2. The first-order valence-corrected chi connectivity index (χ1v) is 7.20. The summed E-state index contributed by atoms with van der Waals surface area (Å²) in [4.78, 5) is 10.9. The van der Waals surface area contributed by atoms with Crippen LogP contribution in [0.15, 0.2) is 23.8 Å². The maximum absolute atomic E-state index is 10.9. The lowest BCUT2D eigenvalue weighted by Gasteiger charge is -2.19. The van der Waals surface area contributed by atoms with E-state index in [-0.39, 0.29) is 5.97 Å². The topological polar surface area (TPSA) is 26.3 Å². The van der Waals surface area contributed by atoms with Crippen LogP contribution in [0.4, 0.5) is 0 Å². The number of hydrogen-bond donors (Lipinski definition) is 0. The van der Waals surface area contributed by atoms with Gasteiger partial charge >= 0.3 is 5.97 Å². The summed E-state index contributed by atoms with van der Waals surface area (Å²) in [5, 5.41) is 0. The fourth-order valence-corrected chi connectivity index (χ4v) is 3.36. The Morgan fingerprint density at radius 1 is 1.50 bits per heavy atom. The van der Waals surface area contributed by atoms with E-state index in [1.165, 1.54) is 38.2 Å². The average Bonchev–Trinajstić information content (AvgIpc) is 3.00. The van der Waals surface area contributed by atoms with E-state index in [1.54, 1.807) is 11.1 Å². The van der Waals surface area contributed by atoms with Gasteiger partial charge in [-0.1, -0.05) is 24.6 Å². The molecule has 0 aromatic heterocycles. The lowest BCUT2D eigenvalue weighted by atomic mass is 9.87. The minimum atomic E-state index is -0.305. The van der Waals surface area contributed by atoms with Gasteiger partial charge in [-0.15, -0.1) is 0 Å². The second-order valence-corrected chi connectivity index (χ2v) is 5.71. The molecule has 0 N–H and O–H groups in total. The van der Waals surface area contributed by atoms with Crippen molar-refractivity contribution in [1.29, 1.82) is 0 Å². The molecule has 100 valence electrons. The molecule has 0 aliphatic heterocycles. The molecule has 0 aromatic rings. The van der Waals surface area contributed by atoms with Crippen LogP contribution in [0.3, 0.4) is 0 Å². The summed E-state index contributed by atoms with van der Waals surface area (Å²) in [6.45, 7) is 6.27. The standard InChI is InChI=1S/C16H24O2/c1-3-16(17)18-9-5-4-6-12(2)15-11-13-7-8-14(15)10-13/h3,12-13H,1,4-11H2,2H3. The summed E-state index contributed by atoms with van der Waals surface area (Å²) < 4.78 is 4.98. The maximum atomic E-state index is 10.9. The van der Waals surface area contributed by atoms with Crippen LogP contribution in [0, 0.1) is 11.8 Å². The number of rotatable bonds is 7. The van der Waals surface area contributed by atoms with E-state index < -0.39 is 0 Å². The van der Waals surface area contributed by atoms with Crippen LogP contribution >= 0.6 is 0 Å². The molecule has 2 aliphatic rings. The summed E-state index contributed by atoms with van der Waals surface area (Å²) in [6, 6.07) is 0. The highest BCUT2D eigenvalue weighted by Gasteiger charge is 2.31. The van der Waals surface area contributed by atoms with Crippen molar-refractivity contribution in [1.82, 2.24) is 0 Å². The van der Waals surface area contributed by atoms with Gasteiger partial charge in [-0.05, 0) is 56.8 Å². The van der Waals surface area contributed by atoms with Gasteiger partial charge in [0.1, 0.15) is 0 Å². The summed E-state index contributed by atoms with van der Waals surface area (Å²) in [5.74, 6) is 1.41. The van der Waals surface area contributed by atoms with E-state index in [1.807, 2.05) is 0 Å². The minimum absolute atomic E-state index is 0.305. The quantitative estimate of drug-likeness (QED) is 0.294. The average molecular weight is 248 g/mol. The fraction of sp³-hybridized carbons (Fsp3) is 0.688. The zero-order valence-electron chi connectivity index (χ0n) is 11.4. The Bertz CT molecular complexity index is 354. The molecular formula is C16H24O2. The molecule has 2 nitrogen and oxygen atoms in total. The van der Waals surface area contributed by atoms with Gasteiger partial charge in [0.2, 0.25) is 0 Å². The van der Waals surface area contributed by atoms with Gasteiger partial charge in [0, 0.05) is 6.08 Å². The van der Waals surface area contributed by atoms with Crippen LogP contribution in [0.5, 0.6) is 0 Å². The molecule has 1 saturated carbocycles. The van der Waals surface area contributed by atoms with Gasteiger partial charge in [0.05, 0.1) is 6.61 Å². The highest BCUT2D eigenvalue weighted by atomic mass is 16.5. The molecule has 2 aliphatic carbocycles. The van der Waals surface area contributed by atoms with Crippen LogP contribution in [-0.4, -0.2) is 12.6 Å². The summed E-state index contributed by atoms with van der Waals surface area (Å²) in [6.07, 6.45) is 10.1. The summed E-state index contributed by atoms with van der Waals surface area (Å²) >= 11 is 0. The van der Waals surface area contributed by atoms with Crippen molar-refractivity contribution in [2.24, 2.45) is 11.8 Å². The first-order valence-electron chi connectivity index (χ1n) is 7.20. The predicted octanol–water partition coefficient (Wildman–Crippen LogP) is 4.02. The van der Waals surface area contributed by atoms with Gasteiger partial charge in [-0.3, -0.25) is 0 Å². The lowest BCUT2D eigenvalue weighted by Crippen LogP contribution is -2.06. The molecule has 1 fully saturated rings. The zero-order valence-corrected chi connectivity index (χ0v) is 11.4. The molecule has 0 radical (unpaired) electrons. The van der Waals surface area contributed by atoms with E-state index in [0.717, 1.165) is 24.7 Å². The van der Waals surface area contributed by atoms with E-state index in [4.69, 9.17) is 4.74 Å². The Balaban J connectivity index is 1.62. The van der Waals surface area contributed by atoms with Crippen molar-refractivity contribution in [3.05, 3.63) is 23.8 Å². The Labute approximate surface area is 110 Å². The Morgan fingerprint density at radius 3 is 2.94 bits per heavy atom. The van der Waals surface area contributed by atoms with E-state index in [2.05, 4.69) is 13.5 Å². The van der Waals surface area contributed by atoms with E-state index in [0.29, 0.717) is 6.61 Å². The van der Waals surface area contributed by atoms with Gasteiger partial charge < -0.3 is 4.74 Å². The number of fused-ring (bicyclic) bond motifs is 2. The fourth-order valence-electron chi connectivity index (χ4n) is 3.36. The van der Waals surface area contributed by atoms with Gasteiger partial charge in [-0.25, -0.2) is 4.79 Å². The van der Waals surface area contributed by atoms with E-state index >= 15 is 0 Å². The number of hydrogen-bond acceptors (Lipinski definition) is 2. The van der Waals surface area contributed by atoms with Gasteiger partial charge in [-0.2, -0.15) is 0 Å². The third-order valence-electron chi connectivity index (χ3n) is 4.39. The lowest BCUT2D eigenvalue weighted by molar-refractivity contribution is -0.137. The molecule has 2 rings (SSSR count). The monoisotopic (exact) mass is 248 g/mol. The molecule has 0 saturated heterocycles. The van der Waals surface area contributed by atoms with Crippen molar-refractivity contribution in [3.8, 4) is 0 Å². The Kier molecular flexibility index (Phi) is 4.62. The molecule has 2 atom stereocenters. The molecule has 2 unspecified atom stereocenters. The number of esters is 1. The SMILES string of the molecule is C=CC(=O)OCCCCC(C)C1=C2CCC(C2)C1.